The first kappa shape index (κ1) is 14.1. The number of nitrogens with two attached hydrogens (primary N) is 1. The van der Waals surface area contributed by atoms with E-state index in [9.17, 15) is 14.4 Å². The lowest BCUT2D eigenvalue weighted by molar-refractivity contribution is -0.140. The predicted molar refractivity (Wildman–Crippen MR) is 64.6 cm³/mol. The number of hydrogen-bond donors (Lipinski definition) is 3. The molecule has 0 spiro atoms. The molecule has 0 aliphatic heterocycles. The van der Waals surface area contributed by atoms with E-state index < -0.39 is 30.2 Å². The molecule has 8 heteroatoms. The number of carboxylic acid groups (broad SMARTS) is 1. The molecule has 7 nitrogen and oxygen atoms in total. The highest BCUT2D eigenvalue weighted by atomic mass is 79.9. The van der Waals surface area contributed by atoms with Crippen molar-refractivity contribution in [3.05, 3.63) is 28.5 Å². The van der Waals surface area contributed by atoms with Crippen LogP contribution in [-0.2, 0) is 9.59 Å². The fraction of sp³-hybridized carbons (Fsp3) is 0.200. The number of carbonyl (C=O) groups excluding carboxylic acids is 2. The molecule has 18 heavy (non-hydrogen) atoms. The number of halogens is 1. The van der Waals surface area contributed by atoms with E-state index in [1.165, 1.54) is 12.3 Å². The van der Waals surface area contributed by atoms with Crippen LogP contribution in [0.2, 0.25) is 0 Å². The molecule has 0 aromatic carbocycles. The van der Waals surface area contributed by atoms with Crippen LogP contribution in [0.1, 0.15) is 16.8 Å². The van der Waals surface area contributed by atoms with E-state index in [0.717, 1.165) is 0 Å². The largest absolute Gasteiger partial charge is 0.480 e. The number of nitrogens with zero attached hydrogens (tertiary/aromatic N) is 1. The van der Waals surface area contributed by atoms with Crippen molar-refractivity contribution in [1.29, 1.82) is 0 Å². The molecule has 0 unspecified atom stereocenters. The molecule has 2 amide bonds. The minimum atomic E-state index is -1.35. The lowest BCUT2D eigenvalue weighted by atomic mass is 10.2. The number of hydrogen-bond acceptors (Lipinski definition) is 4. The zero-order valence-electron chi connectivity index (χ0n) is 9.09. The molecule has 96 valence electrons. The highest BCUT2D eigenvalue weighted by Gasteiger charge is 2.22. The van der Waals surface area contributed by atoms with Crippen LogP contribution in [0, 0.1) is 0 Å². The number of carboxylic acids is 1. The highest BCUT2D eigenvalue weighted by molar-refractivity contribution is 9.10. The van der Waals surface area contributed by atoms with Gasteiger partial charge >= 0.3 is 5.97 Å². The van der Waals surface area contributed by atoms with Crippen molar-refractivity contribution in [2.24, 2.45) is 5.73 Å². The van der Waals surface area contributed by atoms with Crippen molar-refractivity contribution in [2.45, 2.75) is 12.5 Å². The zero-order valence-corrected chi connectivity index (χ0v) is 10.7. The number of carbonyl (C=O) groups is 3. The second-order valence-electron chi connectivity index (χ2n) is 3.40. The summed E-state index contributed by atoms with van der Waals surface area (Å²) in [5.74, 6) is -2.77. The SMILES string of the molecule is NC(=O)C[C@@H](NC(=O)c1ccc(Br)nc1)C(=O)O. The van der Waals surface area contributed by atoms with Crippen molar-refractivity contribution < 1.29 is 19.5 Å². The number of aliphatic carboxylic acids is 1. The van der Waals surface area contributed by atoms with Crippen LogP contribution < -0.4 is 11.1 Å². The Morgan fingerprint density at radius 1 is 1.44 bits per heavy atom. The van der Waals surface area contributed by atoms with E-state index >= 15 is 0 Å². The second-order valence-corrected chi connectivity index (χ2v) is 4.22. The van der Waals surface area contributed by atoms with Crippen molar-refractivity contribution in [1.82, 2.24) is 10.3 Å². The maximum Gasteiger partial charge on any atom is 0.326 e. The monoisotopic (exact) mass is 315 g/mol. The standard InChI is InChI=1S/C10H10BrN3O4/c11-7-2-1-5(4-13-7)9(16)14-6(10(17)18)3-8(12)15/h1-2,4,6H,3H2,(H2,12,15)(H,14,16)(H,17,18)/t6-/m1/s1. The Kier molecular flexibility index (Phi) is 4.78. The normalized spacial score (nSPS) is 11.6. The van der Waals surface area contributed by atoms with Gasteiger partial charge in [0.05, 0.1) is 12.0 Å². The van der Waals surface area contributed by atoms with Gasteiger partial charge in [-0.25, -0.2) is 9.78 Å². The first-order chi connectivity index (χ1) is 8.40. The van der Waals surface area contributed by atoms with Gasteiger partial charge in [0.15, 0.2) is 0 Å². The van der Waals surface area contributed by atoms with Gasteiger partial charge in [0.1, 0.15) is 10.6 Å². The number of rotatable bonds is 5. The molecule has 0 aliphatic carbocycles. The summed E-state index contributed by atoms with van der Waals surface area (Å²) in [4.78, 5) is 37.0. The molecule has 0 radical (unpaired) electrons. The third-order valence-electron chi connectivity index (χ3n) is 2.00. The summed E-state index contributed by atoms with van der Waals surface area (Å²) >= 11 is 3.10. The van der Waals surface area contributed by atoms with Gasteiger partial charge in [-0.1, -0.05) is 0 Å². The number of pyridine rings is 1. The van der Waals surface area contributed by atoms with Gasteiger partial charge in [0.2, 0.25) is 5.91 Å². The minimum absolute atomic E-state index is 0.189. The molecule has 0 aliphatic rings. The van der Waals surface area contributed by atoms with Gasteiger partial charge < -0.3 is 16.2 Å². The topological polar surface area (TPSA) is 122 Å². The fourth-order valence-electron chi connectivity index (χ4n) is 1.15. The number of primary amides is 1. The van der Waals surface area contributed by atoms with Crippen molar-refractivity contribution in [2.75, 3.05) is 0 Å². The molecule has 0 bridgehead atoms. The van der Waals surface area contributed by atoms with E-state index in [1.807, 2.05) is 0 Å². The molecular weight excluding hydrogens is 306 g/mol. The van der Waals surface area contributed by atoms with Crippen LogP contribution >= 0.6 is 15.9 Å². The summed E-state index contributed by atoms with van der Waals surface area (Å²) in [6.07, 6.45) is 0.813. The highest BCUT2D eigenvalue weighted by Crippen LogP contribution is 2.06. The predicted octanol–water partition coefficient (Wildman–Crippen LogP) is -0.0975. The molecule has 1 aromatic heterocycles. The van der Waals surface area contributed by atoms with Crippen LogP contribution in [0.3, 0.4) is 0 Å². The van der Waals surface area contributed by atoms with Crippen molar-refractivity contribution in [3.63, 3.8) is 0 Å². The van der Waals surface area contributed by atoms with Gasteiger partial charge in [0, 0.05) is 6.20 Å². The van der Waals surface area contributed by atoms with E-state index in [0.29, 0.717) is 4.60 Å². The van der Waals surface area contributed by atoms with Crippen molar-refractivity contribution >= 4 is 33.7 Å². The quantitative estimate of drug-likeness (QED) is 0.655. The minimum Gasteiger partial charge on any atom is -0.480 e. The summed E-state index contributed by atoms with van der Waals surface area (Å²) in [6, 6.07) is 1.66. The van der Waals surface area contributed by atoms with Crippen LogP contribution in [-0.4, -0.2) is 33.9 Å². The Bertz CT molecular complexity index is 475. The smallest absolute Gasteiger partial charge is 0.326 e. The summed E-state index contributed by atoms with van der Waals surface area (Å²) in [6.45, 7) is 0. The number of amides is 2. The molecule has 1 rings (SSSR count). The van der Waals surface area contributed by atoms with Gasteiger partial charge in [-0.2, -0.15) is 0 Å². The summed E-state index contributed by atoms with van der Waals surface area (Å²) in [7, 11) is 0. The molecule has 1 atom stereocenters. The lowest BCUT2D eigenvalue weighted by Gasteiger charge is -2.12. The Hall–Kier alpha value is -1.96. The molecule has 1 heterocycles. The average molecular weight is 316 g/mol. The summed E-state index contributed by atoms with van der Waals surface area (Å²) in [5, 5.41) is 11.0. The lowest BCUT2D eigenvalue weighted by Crippen LogP contribution is -2.43. The van der Waals surface area contributed by atoms with Gasteiger partial charge in [0.25, 0.3) is 5.91 Å². The van der Waals surface area contributed by atoms with Crippen LogP contribution in [0.25, 0.3) is 0 Å². The maximum atomic E-state index is 11.7. The third kappa shape index (κ3) is 4.13. The number of aromatic nitrogens is 1. The second kappa shape index (κ2) is 6.10. The Morgan fingerprint density at radius 2 is 2.11 bits per heavy atom. The average Bonchev–Trinajstić information content (AvgIpc) is 2.28. The van der Waals surface area contributed by atoms with Gasteiger partial charge in [-0.15, -0.1) is 0 Å². The fourth-order valence-corrected chi connectivity index (χ4v) is 1.39. The molecule has 0 saturated heterocycles. The van der Waals surface area contributed by atoms with E-state index in [4.69, 9.17) is 10.8 Å². The van der Waals surface area contributed by atoms with Crippen LogP contribution in [0.4, 0.5) is 0 Å². The third-order valence-corrected chi connectivity index (χ3v) is 2.47. The van der Waals surface area contributed by atoms with Crippen LogP contribution in [0.15, 0.2) is 22.9 Å². The first-order valence-corrected chi connectivity index (χ1v) is 5.63. The summed E-state index contributed by atoms with van der Waals surface area (Å²) in [5.41, 5.74) is 5.08. The van der Waals surface area contributed by atoms with Gasteiger partial charge in [-0.05, 0) is 28.1 Å². The first-order valence-electron chi connectivity index (χ1n) is 4.83. The Morgan fingerprint density at radius 3 is 2.56 bits per heavy atom. The number of nitrogens with one attached hydrogen (secondary N) is 1. The molecule has 0 saturated carbocycles. The molecular formula is C10H10BrN3O4. The van der Waals surface area contributed by atoms with E-state index in [2.05, 4.69) is 26.2 Å². The van der Waals surface area contributed by atoms with E-state index in [-0.39, 0.29) is 5.56 Å². The molecule has 4 N–H and O–H groups in total. The molecule has 0 fully saturated rings. The zero-order chi connectivity index (χ0) is 13.7. The Balaban J connectivity index is 2.75. The van der Waals surface area contributed by atoms with Crippen LogP contribution in [0.5, 0.6) is 0 Å². The maximum absolute atomic E-state index is 11.7. The summed E-state index contributed by atoms with van der Waals surface area (Å²) < 4.78 is 0.547. The Labute approximate surface area is 111 Å². The van der Waals surface area contributed by atoms with E-state index in [1.54, 1.807) is 6.07 Å². The molecule has 1 aromatic rings. The van der Waals surface area contributed by atoms with Crippen molar-refractivity contribution in [3.8, 4) is 0 Å². The van der Waals surface area contributed by atoms with Gasteiger partial charge in [-0.3, -0.25) is 9.59 Å².